The van der Waals surface area contributed by atoms with Gasteiger partial charge in [-0.15, -0.1) is 0 Å². The van der Waals surface area contributed by atoms with E-state index in [0.29, 0.717) is 61.2 Å². The Morgan fingerprint density at radius 2 is 1.82 bits per heavy atom. The van der Waals surface area contributed by atoms with Crippen LogP contribution < -0.4 is 14.4 Å². The Hall–Kier alpha value is -2.93. The molecule has 0 fully saturated rings. The van der Waals surface area contributed by atoms with Crippen molar-refractivity contribution in [2.45, 2.75) is 46.1 Å². The topological polar surface area (TPSA) is 68.3 Å². The molecule has 0 N–H and O–H groups in total. The lowest BCUT2D eigenvalue weighted by Gasteiger charge is -2.33. The highest BCUT2D eigenvalue weighted by molar-refractivity contribution is 6.31. The van der Waals surface area contributed by atoms with Crippen LogP contribution in [-0.2, 0) is 17.6 Å². The lowest BCUT2D eigenvalue weighted by atomic mass is 9.94. The van der Waals surface area contributed by atoms with Gasteiger partial charge < -0.3 is 24.0 Å². The molecule has 0 spiro atoms. The van der Waals surface area contributed by atoms with Crippen LogP contribution in [0.15, 0.2) is 24.3 Å². The Morgan fingerprint density at radius 1 is 1.09 bits per heavy atom. The first kappa shape index (κ1) is 24.2. The number of hydrogen-bond acceptors (Lipinski definition) is 5. The van der Waals surface area contributed by atoms with Crippen LogP contribution in [0.2, 0.25) is 5.02 Å². The van der Waals surface area contributed by atoms with Crippen LogP contribution in [0, 0.1) is 6.92 Å². The molecule has 2 aliphatic rings. The van der Waals surface area contributed by atoms with Crippen molar-refractivity contribution >= 4 is 29.3 Å². The summed E-state index contributed by atoms with van der Waals surface area (Å²) in [6.45, 7) is 9.56. The molecule has 2 aromatic carbocycles. The summed E-state index contributed by atoms with van der Waals surface area (Å²) in [4.78, 5) is 29.8. The number of carbonyl (C=O) groups excluding carboxylic acids is 2. The molecule has 34 heavy (non-hydrogen) atoms. The third-order valence-corrected chi connectivity index (χ3v) is 6.38. The van der Waals surface area contributed by atoms with E-state index >= 15 is 0 Å². The number of rotatable bonds is 2. The summed E-state index contributed by atoms with van der Waals surface area (Å²) >= 11 is 6.19. The van der Waals surface area contributed by atoms with Gasteiger partial charge in [0.05, 0.1) is 24.9 Å². The van der Waals surface area contributed by atoms with Crippen molar-refractivity contribution in [2.75, 3.05) is 38.3 Å². The van der Waals surface area contributed by atoms with Gasteiger partial charge in [-0.05, 0) is 81.5 Å². The predicted octanol–water partition coefficient (Wildman–Crippen LogP) is 5.03. The van der Waals surface area contributed by atoms with E-state index in [-0.39, 0.29) is 12.0 Å². The molecule has 0 saturated carbocycles. The zero-order valence-electron chi connectivity index (χ0n) is 20.4. The Labute approximate surface area is 205 Å². The molecule has 0 aliphatic carbocycles. The van der Waals surface area contributed by atoms with E-state index in [1.807, 2.05) is 33.8 Å². The van der Waals surface area contributed by atoms with Gasteiger partial charge in [-0.3, -0.25) is 4.79 Å². The minimum absolute atomic E-state index is 0.184. The number of halogens is 1. The van der Waals surface area contributed by atoms with Crippen molar-refractivity contribution in [1.82, 2.24) is 4.90 Å². The van der Waals surface area contributed by atoms with Crippen LogP contribution >= 0.6 is 11.6 Å². The van der Waals surface area contributed by atoms with Gasteiger partial charge in [-0.2, -0.15) is 0 Å². The van der Waals surface area contributed by atoms with E-state index in [0.717, 1.165) is 22.4 Å². The molecule has 0 unspecified atom stereocenters. The van der Waals surface area contributed by atoms with E-state index in [1.54, 1.807) is 28.0 Å². The van der Waals surface area contributed by atoms with Gasteiger partial charge in [0.25, 0.3) is 5.91 Å². The Bertz CT molecular complexity index is 1130. The monoisotopic (exact) mass is 486 g/mol. The van der Waals surface area contributed by atoms with Gasteiger partial charge >= 0.3 is 6.09 Å². The summed E-state index contributed by atoms with van der Waals surface area (Å²) < 4.78 is 17.0. The molecule has 2 aliphatic heterocycles. The zero-order valence-corrected chi connectivity index (χ0v) is 21.1. The van der Waals surface area contributed by atoms with Crippen LogP contribution in [0.4, 0.5) is 10.5 Å². The first-order chi connectivity index (χ1) is 16.1. The molecule has 0 atom stereocenters. The smallest absolute Gasteiger partial charge is 0.410 e. The quantitative estimate of drug-likeness (QED) is 0.595. The summed E-state index contributed by atoms with van der Waals surface area (Å²) in [7, 11) is 1.54. The highest BCUT2D eigenvalue weighted by Crippen LogP contribution is 2.41. The van der Waals surface area contributed by atoms with Gasteiger partial charge in [0.15, 0.2) is 0 Å². The van der Waals surface area contributed by atoms with E-state index in [2.05, 4.69) is 0 Å². The van der Waals surface area contributed by atoms with Gasteiger partial charge in [0, 0.05) is 18.1 Å². The number of amides is 2. The zero-order chi connectivity index (χ0) is 24.6. The van der Waals surface area contributed by atoms with E-state index in [9.17, 15) is 9.59 Å². The summed E-state index contributed by atoms with van der Waals surface area (Å²) in [5.41, 5.74) is 3.91. The maximum absolute atomic E-state index is 13.6. The normalized spacial score (nSPS) is 15.6. The van der Waals surface area contributed by atoms with E-state index < -0.39 is 5.60 Å². The average Bonchev–Trinajstić information content (AvgIpc) is 3.00. The molecule has 8 heteroatoms. The number of fused-ring (bicyclic) bond motifs is 2. The molecule has 2 amide bonds. The second-order valence-electron chi connectivity index (χ2n) is 9.60. The number of anilines is 1. The van der Waals surface area contributed by atoms with Gasteiger partial charge in [-0.1, -0.05) is 11.6 Å². The molecule has 4 rings (SSSR count). The molecule has 2 heterocycles. The first-order valence-electron chi connectivity index (χ1n) is 11.5. The fraction of sp³-hybridized carbons (Fsp3) is 0.462. The lowest BCUT2D eigenvalue weighted by Crippen LogP contribution is -2.39. The van der Waals surface area contributed by atoms with Crippen molar-refractivity contribution < 1.29 is 23.8 Å². The van der Waals surface area contributed by atoms with Crippen LogP contribution in [0.1, 0.15) is 47.8 Å². The molecule has 0 aromatic heterocycles. The fourth-order valence-electron chi connectivity index (χ4n) is 4.58. The third-order valence-electron chi connectivity index (χ3n) is 6.15. The van der Waals surface area contributed by atoms with Crippen molar-refractivity contribution in [3.8, 4) is 11.5 Å². The minimum atomic E-state index is -0.540. The van der Waals surface area contributed by atoms with Crippen LogP contribution in [0.3, 0.4) is 0 Å². The summed E-state index contributed by atoms with van der Waals surface area (Å²) in [6.07, 6.45) is 1.07. The van der Waals surface area contributed by atoms with Crippen LogP contribution in [0.5, 0.6) is 11.5 Å². The van der Waals surface area contributed by atoms with Crippen molar-refractivity contribution in [3.05, 3.63) is 51.5 Å². The summed E-state index contributed by atoms with van der Waals surface area (Å²) in [5, 5.41) is 0.471. The summed E-state index contributed by atoms with van der Waals surface area (Å²) in [6, 6.07) is 7.05. The molecule has 2 aromatic rings. The molecular weight excluding hydrogens is 456 g/mol. The Kier molecular flexibility index (Phi) is 6.67. The molecule has 0 saturated heterocycles. The van der Waals surface area contributed by atoms with Gasteiger partial charge in [0.2, 0.25) is 0 Å². The minimum Gasteiger partial charge on any atom is -0.496 e. The highest BCUT2D eigenvalue weighted by Gasteiger charge is 2.32. The van der Waals surface area contributed by atoms with Gasteiger partial charge in [-0.25, -0.2) is 4.79 Å². The fourth-order valence-corrected chi connectivity index (χ4v) is 4.75. The number of nitrogens with zero attached hydrogens (tertiary/aromatic N) is 2. The standard InChI is InChI=1S/C26H31ClN2O5/c1-16-19-9-11-28(25(31)34-26(2,3)4)10-8-17(19)14-22-23(16)29(12-13-33-22)24(30)20-15-18(27)6-7-21(20)32-5/h6-7,14-15H,8-13H2,1-5H3. The molecular formula is C26H31ClN2O5. The molecule has 7 nitrogen and oxygen atoms in total. The first-order valence-corrected chi connectivity index (χ1v) is 11.9. The van der Waals surface area contributed by atoms with Crippen LogP contribution in [-0.4, -0.2) is 55.9 Å². The number of carbonyl (C=O) groups is 2. The maximum Gasteiger partial charge on any atom is 0.410 e. The van der Waals surface area contributed by atoms with E-state index in [1.165, 1.54) is 7.11 Å². The van der Waals surface area contributed by atoms with Gasteiger partial charge in [0.1, 0.15) is 23.7 Å². The second-order valence-corrected chi connectivity index (χ2v) is 10.0. The van der Waals surface area contributed by atoms with Crippen LogP contribution in [0.25, 0.3) is 0 Å². The lowest BCUT2D eigenvalue weighted by molar-refractivity contribution is 0.0258. The maximum atomic E-state index is 13.6. The SMILES string of the molecule is COc1ccc(Cl)cc1C(=O)N1CCOc2cc3c(c(C)c21)CCN(C(=O)OC(C)(C)C)CC3. The second kappa shape index (κ2) is 9.37. The van der Waals surface area contributed by atoms with Crippen molar-refractivity contribution in [2.24, 2.45) is 0 Å². The Morgan fingerprint density at radius 3 is 2.53 bits per heavy atom. The molecule has 0 radical (unpaired) electrons. The van der Waals surface area contributed by atoms with Crippen molar-refractivity contribution in [3.63, 3.8) is 0 Å². The summed E-state index contributed by atoms with van der Waals surface area (Å²) in [5.74, 6) is 0.973. The molecule has 182 valence electrons. The molecule has 0 bridgehead atoms. The largest absolute Gasteiger partial charge is 0.496 e. The van der Waals surface area contributed by atoms with Crippen molar-refractivity contribution in [1.29, 1.82) is 0 Å². The third kappa shape index (κ3) is 4.80. The number of benzene rings is 2. The highest BCUT2D eigenvalue weighted by atomic mass is 35.5. The predicted molar refractivity (Wildman–Crippen MR) is 132 cm³/mol. The Balaban J connectivity index is 1.66. The number of hydrogen-bond donors (Lipinski definition) is 0. The average molecular weight is 487 g/mol. The van der Waals surface area contributed by atoms with E-state index in [4.69, 9.17) is 25.8 Å². The number of ether oxygens (including phenoxy) is 3. The number of methoxy groups -OCH3 is 1.